The Labute approximate surface area is 160 Å². The molecule has 1 aliphatic heterocycles. The van der Waals surface area contributed by atoms with Crippen LogP contribution in [0.25, 0.3) is 5.65 Å². The van der Waals surface area contributed by atoms with Crippen molar-refractivity contribution in [3.8, 4) is 11.5 Å². The molecule has 0 fully saturated rings. The molecule has 3 aromatic rings. The van der Waals surface area contributed by atoms with Crippen LogP contribution in [0.4, 0.5) is 8.78 Å². The van der Waals surface area contributed by atoms with E-state index in [1.54, 1.807) is 24.5 Å². The molecule has 0 amide bonds. The highest BCUT2D eigenvalue weighted by molar-refractivity contribution is 6.02. The zero-order valence-corrected chi connectivity index (χ0v) is 15.5. The van der Waals surface area contributed by atoms with Crippen LogP contribution >= 0.6 is 0 Å². The van der Waals surface area contributed by atoms with Crippen LogP contribution in [0.1, 0.15) is 35.3 Å². The molecule has 0 spiro atoms. The number of carbonyl (C=O) groups is 1. The fraction of sp³-hybridized carbons (Fsp3) is 0.350. The Hall–Kier alpha value is -3.03. The van der Waals surface area contributed by atoms with Gasteiger partial charge >= 0.3 is 0 Å². The summed E-state index contributed by atoms with van der Waals surface area (Å²) in [7, 11) is 0. The van der Waals surface area contributed by atoms with Gasteiger partial charge in [-0.1, -0.05) is 0 Å². The standard InChI is InChI=1S/C20H19F2N3O3/c1-20(2)9-13-6-12(16(8-17(13)28-20)27-11-18(21)22)7-15(26)14-10-24-25-5-3-4-23-19(14)25/h3-6,8,10,18H,7,9,11H2,1-2H3. The lowest BCUT2D eigenvalue weighted by atomic mass is 9.97. The number of hydrogen-bond donors (Lipinski definition) is 0. The summed E-state index contributed by atoms with van der Waals surface area (Å²) in [6.07, 6.45) is 2.79. The van der Waals surface area contributed by atoms with Crippen molar-refractivity contribution in [3.63, 3.8) is 0 Å². The second-order valence-corrected chi connectivity index (χ2v) is 7.35. The van der Waals surface area contributed by atoms with Crippen molar-refractivity contribution in [2.75, 3.05) is 6.61 Å². The van der Waals surface area contributed by atoms with Crippen LogP contribution in [0.3, 0.4) is 0 Å². The van der Waals surface area contributed by atoms with E-state index in [-0.39, 0.29) is 18.0 Å². The van der Waals surface area contributed by atoms with Crippen LogP contribution in [0.2, 0.25) is 0 Å². The van der Waals surface area contributed by atoms with Crippen LogP contribution in [0, 0.1) is 0 Å². The summed E-state index contributed by atoms with van der Waals surface area (Å²) in [5.74, 6) is 0.617. The Morgan fingerprint density at radius 1 is 1.39 bits per heavy atom. The Bertz CT molecular complexity index is 1050. The lowest BCUT2D eigenvalue weighted by molar-refractivity contribution is 0.0808. The average Bonchev–Trinajstić information content (AvgIpc) is 3.18. The highest BCUT2D eigenvalue weighted by Gasteiger charge is 2.31. The zero-order chi connectivity index (χ0) is 19.9. The number of alkyl halides is 2. The predicted molar refractivity (Wildman–Crippen MR) is 97.4 cm³/mol. The van der Waals surface area contributed by atoms with E-state index >= 15 is 0 Å². The van der Waals surface area contributed by atoms with Crippen molar-refractivity contribution in [2.24, 2.45) is 0 Å². The first-order valence-corrected chi connectivity index (χ1v) is 8.90. The van der Waals surface area contributed by atoms with Gasteiger partial charge in [-0.3, -0.25) is 4.79 Å². The third-order valence-electron chi connectivity index (χ3n) is 4.54. The van der Waals surface area contributed by atoms with Crippen molar-refractivity contribution >= 4 is 11.4 Å². The van der Waals surface area contributed by atoms with Crippen LogP contribution in [0.5, 0.6) is 11.5 Å². The van der Waals surface area contributed by atoms with E-state index in [1.165, 1.54) is 10.7 Å². The van der Waals surface area contributed by atoms with Gasteiger partial charge in [0.25, 0.3) is 6.43 Å². The molecule has 0 saturated heterocycles. The molecule has 4 rings (SSSR count). The quantitative estimate of drug-likeness (QED) is 0.606. The normalized spacial score (nSPS) is 14.9. The van der Waals surface area contributed by atoms with Gasteiger partial charge in [0.2, 0.25) is 0 Å². The van der Waals surface area contributed by atoms with Crippen molar-refractivity contribution in [2.45, 2.75) is 38.7 Å². The fourth-order valence-corrected chi connectivity index (χ4v) is 3.40. The summed E-state index contributed by atoms with van der Waals surface area (Å²) in [6.45, 7) is 3.14. The minimum Gasteiger partial charge on any atom is -0.487 e. The van der Waals surface area contributed by atoms with Gasteiger partial charge in [-0.15, -0.1) is 0 Å². The molecule has 2 aromatic heterocycles. The Morgan fingerprint density at radius 3 is 3.00 bits per heavy atom. The number of nitrogens with zero attached hydrogens (tertiary/aromatic N) is 3. The summed E-state index contributed by atoms with van der Waals surface area (Å²) in [6, 6.07) is 5.12. The number of aromatic nitrogens is 3. The molecule has 6 nitrogen and oxygen atoms in total. The molecule has 0 radical (unpaired) electrons. The van der Waals surface area contributed by atoms with Crippen molar-refractivity contribution in [1.82, 2.24) is 14.6 Å². The first-order chi connectivity index (χ1) is 13.3. The highest BCUT2D eigenvalue weighted by Crippen LogP contribution is 2.39. The van der Waals surface area contributed by atoms with Crippen molar-refractivity contribution < 1.29 is 23.0 Å². The number of ether oxygens (including phenoxy) is 2. The molecule has 28 heavy (non-hydrogen) atoms. The van der Waals surface area contributed by atoms with Crippen molar-refractivity contribution in [3.05, 3.63) is 53.5 Å². The van der Waals surface area contributed by atoms with Gasteiger partial charge in [0.15, 0.2) is 11.4 Å². The third-order valence-corrected chi connectivity index (χ3v) is 4.54. The third kappa shape index (κ3) is 3.54. The number of hydrogen-bond acceptors (Lipinski definition) is 5. The molecule has 0 unspecified atom stereocenters. The van der Waals surface area contributed by atoms with E-state index in [4.69, 9.17) is 9.47 Å². The highest BCUT2D eigenvalue weighted by atomic mass is 19.3. The van der Waals surface area contributed by atoms with Gasteiger partial charge in [-0.05, 0) is 31.5 Å². The van der Waals surface area contributed by atoms with Crippen LogP contribution in [0.15, 0.2) is 36.8 Å². The van der Waals surface area contributed by atoms with E-state index in [2.05, 4.69) is 10.1 Å². The fourth-order valence-electron chi connectivity index (χ4n) is 3.40. The number of rotatable bonds is 6. The molecule has 0 N–H and O–H groups in total. The molecule has 0 saturated carbocycles. The van der Waals surface area contributed by atoms with Gasteiger partial charge < -0.3 is 9.47 Å². The SMILES string of the molecule is CC1(C)Cc2cc(CC(=O)c3cnn4cccnc34)c(OCC(F)F)cc2O1. The van der Waals surface area contributed by atoms with Gasteiger partial charge in [0.1, 0.15) is 23.7 Å². The molecule has 146 valence electrons. The summed E-state index contributed by atoms with van der Waals surface area (Å²) in [5, 5.41) is 4.12. The number of ketones is 1. The molecule has 0 bridgehead atoms. The largest absolute Gasteiger partial charge is 0.487 e. The van der Waals surface area contributed by atoms with E-state index in [0.29, 0.717) is 28.9 Å². The van der Waals surface area contributed by atoms with Gasteiger partial charge in [-0.2, -0.15) is 5.10 Å². The minimum absolute atomic E-state index is 0.00971. The molecule has 1 aliphatic rings. The molecular formula is C20H19F2N3O3. The molecule has 8 heteroatoms. The topological polar surface area (TPSA) is 65.7 Å². The van der Waals surface area contributed by atoms with Gasteiger partial charge in [0, 0.05) is 36.9 Å². The van der Waals surface area contributed by atoms with Crippen LogP contribution in [-0.2, 0) is 12.8 Å². The number of halogens is 2. The Balaban J connectivity index is 1.67. The maximum absolute atomic E-state index is 12.9. The van der Waals surface area contributed by atoms with Gasteiger partial charge in [-0.25, -0.2) is 18.3 Å². The number of carbonyl (C=O) groups excluding carboxylic acids is 1. The van der Waals surface area contributed by atoms with E-state index in [1.807, 2.05) is 19.9 Å². The average molecular weight is 387 g/mol. The molecule has 1 aromatic carbocycles. The Kier molecular flexibility index (Phi) is 4.49. The van der Waals surface area contributed by atoms with E-state index in [0.717, 1.165) is 5.56 Å². The molecule has 3 heterocycles. The number of fused-ring (bicyclic) bond motifs is 2. The molecule has 0 atom stereocenters. The second kappa shape index (κ2) is 6.85. The van der Waals surface area contributed by atoms with Crippen LogP contribution in [-0.4, -0.2) is 39.0 Å². The molecular weight excluding hydrogens is 368 g/mol. The summed E-state index contributed by atoms with van der Waals surface area (Å²) < 4.78 is 38.0. The number of Topliss-reactive ketones (excluding diaryl/α,β-unsaturated/α-hetero) is 1. The maximum Gasteiger partial charge on any atom is 0.272 e. The first kappa shape index (κ1) is 18.3. The first-order valence-electron chi connectivity index (χ1n) is 8.90. The van der Waals surface area contributed by atoms with Gasteiger partial charge in [0.05, 0.1) is 11.8 Å². The zero-order valence-electron chi connectivity index (χ0n) is 15.5. The minimum atomic E-state index is -2.61. The molecule has 0 aliphatic carbocycles. The van der Waals surface area contributed by atoms with E-state index in [9.17, 15) is 13.6 Å². The maximum atomic E-state index is 12.9. The summed E-state index contributed by atoms with van der Waals surface area (Å²) in [5.41, 5.74) is 1.90. The predicted octanol–water partition coefficient (Wildman–Crippen LogP) is 3.51. The van der Waals surface area contributed by atoms with E-state index < -0.39 is 18.6 Å². The Morgan fingerprint density at radius 2 is 2.21 bits per heavy atom. The van der Waals surface area contributed by atoms with Crippen molar-refractivity contribution in [1.29, 1.82) is 0 Å². The smallest absolute Gasteiger partial charge is 0.272 e. The number of benzene rings is 1. The lowest BCUT2D eigenvalue weighted by Gasteiger charge is -2.17. The second-order valence-electron chi connectivity index (χ2n) is 7.35. The summed E-state index contributed by atoms with van der Waals surface area (Å²) >= 11 is 0. The lowest BCUT2D eigenvalue weighted by Crippen LogP contribution is -2.24. The van der Waals surface area contributed by atoms with Crippen LogP contribution < -0.4 is 9.47 Å². The monoisotopic (exact) mass is 387 g/mol. The summed E-state index contributed by atoms with van der Waals surface area (Å²) in [4.78, 5) is 17.1.